The molecule has 4 aliphatic rings. The van der Waals surface area contributed by atoms with Crippen LogP contribution in [0.2, 0.25) is 0 Å². The molecule has 0 aromatic rings. The summed E-state index contributed by atoms with van der Waals surface area (Å²) in [6.45, 7) is 8.85. The number of fused-ring (bicyclic) bond motifs is 2. The van der Waals surface area contributed by atoms with E-state index in [-0.39, 0.29) is 57.9 Å². The second kappa shape index (κ2) is 14.3. The van der Waals surface area contributed by atoms with E-state index in [0.29, 0.717) is 58.0 Å². The molecular formula is C33H46N2O6S2. The first-order chi connectivity index (χ1) is 20.3. The van der Waals surface area contributed by atoms with E-state index in [4.69, 9.17) is 0 Å². The van der Waals surface area contributed by atoms with Gasteiger partial charge in [0.25, 0.3) is 11.8 Å². The van der Waals surface area contributed by atoms with Crippen LogP contribution in [0.1, 0.15) is 98.3 Å². The van der Waals surface area contributed by atoms with Crippen LogP contribution in [-0.2, 0) is 28.8 Å². The van der Waals surface area contributed by atoms with Crippen molar-refractivity contribution in [1.29, 1.82) is 0 Å². The molecule has 10 heteroatoms. The predicted octanol–water partition coefficient (Wildman–Crippen LogP) is 5.70. The Kier molecular flexibility index (Phi) is 11.2. The minimum absolute atomic E-state index is 0.0869. The van der Waals surface area contributed by atoms with Gasteiger partial charge in [-0.15, -0.1) is 23.5 Å². The Morgan fingerprint density at radius 1 is 0.674 bits per heavy atom. The maximum absolute atomic E-state index is 12.8. The Hall–Kier alpha value is -2.20. The van der Waals surface area contributed by atoms with Gasteiger partial charge in [-0.2, -0.15) is 0 Å². The van der Waals surface area contributed by atoms with Crippen molar-refractivity contribution in [3.05, 3.63) is 22.0 Å². The van der Waals surface area contributed by atoms with Crippen molar-refractivity contribution in [2.24, 2.45) is 22.7 Å². The first-order valence-electron chi connectivity index (χ1n) is 15.7. The third-order valence-corrected chi connectivity index (χ3v) is 11.3. The minimum atomic E-state index is -0.282. The minimum Gasteiger partial charge on any atom is -0.300 e. The monoisotopic (exact) mass is 630 g/mol. The Balaban J connectivity index is 1.08. The Labute approximate surface area is 264 Å². The number of carbonyl (C=O) groups is 6. The van der Waals surface area contributed by atoms with Crippen LogP contribution in [0, 0.1) is 22.7 Å². The topological polar surface area (TPSA) is 109 Å². The van der Waals surface area contributed by atoms with Gasteiger partial charge in [-0.3, -0.25) is 38.6 Å². The van der Waals surface area contributed by atoms with Crippen molar-refractivity contribution in [2.45, 2.75) is 98.3 Å². The predicted molar refractivity (Wildman–Crippen MR) is 170 cm³/mol. The summed E-state index contributed by atoms with van der Waals surface area (Å²) < 4.78 is 0. The number of hydrogen-bond acceptors (Lipinski definition) is 8. The number of nitrogens with zero attached hydrogens (tertiary/aromatic N) is 2. The van der Waals surface area contributed by atoms with E-state index in [2.05, 4.69) is 0 Å². The van der Waals surface area contributed by atoms with Gasteiger partial charge in [0, 0.05) is 60.7 Å². The van der Waals surface area contributed by atoms with Crippen LogP contribution in [0.5, 0.6) is 0 Å². The van der Waals surface area contributed by atoms with E-state index >= 15 is 0 Å². The van der Waals surface area contributed by atoms with Gasteiger partial charge in [0.2, 0.25) is 11.8 Å². The van der Waals surface area contributed by atoms with E-state index < -0.39 is 0 Å². The quantitative estimate of drug-likeness (QED) is 0.200. The molecule has 2 saturated heterocycles. The van der Waals surface area contributed by atoms with Crippen LogP contribution in [0.25, 0.3) is 0 Å². The molecule has 0 aromatic carbocycles. The van der Waals surface area contributed by atoms with Gasteiger partial charge in [0.1, 0.15) is 11.6 Å². The van der Waals surface area contributed by atoms with E-state index in [1.54, 1.807) is 35.7 Å². The molecule has 2 fully saturated rings. The third-order valence-electron chi connectivity index (χ3n) is 8.93. The van der Waals surface area contributed by atoms with Crippen molar-refractivity contribution in [2.75, 3.05) is 24.6 Å². The maximum atomic E-state index is 12.8. The fourth-order valence-electron chi connectivity index (χ4n) is 6.43. The number of hydrogen-bond donors (Lipinski definition) is 0. The summed E-state index contributed by atoms with van der Waals surface area (Å²) >= 11 is 3.20. The third kappa shape index (κ3) is 8.93. The van der Waals surface area contributed by atoms with Crippen molar-refractivity contribution in [3.8, 4) is 0 Å². The van der Waals surface area contributed by atoms with Gasteiger partial charge in [-0.1, -0.05) is 27.7 Å². The molecular weight excluding hydrogens is 585 g/mol. The van der Waals surface area contributed by atoms with E-state index in [1.807, 2.05) is 27.7 Å². The number of imide groups is 2. The van der Waals surface area contributed by atoms with Crippen LogP contribution in [-0.4, -0.2) is 69.6 Å². The standard InChI is InChI=1S/C33H46N2O6S2/c1-32(2,20-34-28(38)18-26-24(30(34)40)12-16-42-26)14-6-10-22(36)8-5-9-23(37)11-7-15-33(3,4)21-35-29(39)19-27-25(31(35)41)13-17-43-27/h18-19,24-25H,5-17,20-21H2,1-4H3. The van der Waals surface area contributed by atoms with E-state index in [0.717, 1.165) is 47.0 Å². The number of ketones is 2. The van der Waals surface area contributed by atoms with Gasteiger partial charge in [0.05, 0.1) is 11.8 Å². The SMILES string of the molecule is CC(C)(CCCC(=O)CCCC(=O)CCCC(C)(C)CN1C(=O)C=C2SCCC2C1=O)CN1C(=O)C=C2SCCC2C1=O. The molecule has 0 radical (unpaired) electrons. The van der Waals surface area contributed by atoms with Crippen LogP contribution in [0.3, 0.4) is 0 Å². The highest BCUT2D eigenvalue weighted by atomic mass is 32.2. The number of amides is 4. The lowest BCUT2D eigenvalue weighted by atomic mass is 9.84. The smallest absolute Gasteiger partial charge is 0.254 e. The lowest BCUT2D eigenvalue weighted by Gasteiger charge is -2.34. The van der Waals surface area contributed by atoms with Crippen molar-refractivity contribution >= 4 is 58.7 Å². The molecule has 2 unspecified atom stereocenters. The zero-order valence-corrected chi connectivity index (χ0v) is 27.7. The first kappa shape index (κ1) is 33.7. The fraction of sp³-hybridized carbons (Fsp3) is 0.697. The summed E-state index contributed by atoms with van der Waals surface area (Å²) in [6.07, 6.45) is 9.80. The van der Waals surface area contributed by atoms with Gasteiger partial charge >= 0.3 is 0 Å². The van der Waals surface area contributed by atoms with Gasteiger partial charge in [0.15, 0.2) is 0 Å². The average molecular weight is 631 g/mol. The van der Waals surface area contributed by atoms with Crippen LogP contribution >= 0.6 is 23.5 Å². The molecule has 4 amide bonds. The molecule has 236 valence electrons. The number of thioether (sulfide) groups is 2. The Bertz CT molecular complexity index is 1130. The molecule has 0 bridgehead atoms. The number of carbonyl (C=O) groups excluding carboxylic acids is 6. The molecule has 4 heterocycles. The lowest BCUT2D eigenvalue weighted by Crippen LogP contribution is -2.47. The van der Waals surface area contributed by atoms with Crippen LogP contribution in [0.15, 0.2) is 22.0 Å². The Morgan fingerprint density at radius 3 is 1.44 bits per heavy atom. The van der Waals surface area contributed by atoms with Gasteiger partial charge in [-0.05, 0) is 67.3 Å². The summed E-state index contributed by atoms with van der Waals surface area (Å²) in [5.41, 5.74) is -0.563. The molecule has 2 atom stereocenters. The zero-order chi connectivity index (χ0) is 31.4. The average Bonchev–Trinajstić information content (AvgIpc) is 3.58. The largest absolute Gasteiger partial charge is 0.300 e. The zero-order valence-electron chi connectivity index (χ0n) is 26.1. The van der Waals surface area contributed by atoms with Crippen LogP contribution < -0.4 is 0 Å². The summed E-state index contributed by atoms with van der Waals surface area (Å²) in [5.74, 6) is 1.07. The second-order valence-electron chi connectivity index (χ2n) is 14.0. The molecule has 0 spiro atoms. The second-order valence-corrected chi connectivity index (χ2v) is 16.3. The highest BCUT2D eigenvalue weighted by Gasteiger charge is 2.41. The maximum Gasteiger partial charge on any atom is 0.254 e. The molecule has 43 heavy (non-hydrogen) atoms. The highest BCUT2D eigenvalue weighted by molar-refractivity contribution is 8.03. The van der Waals surface area contributed by atoms with Crippen molar-refractivity contribution < 1.29 is 28.8 Å². The number of Topliss-reactive ketones (excluding diaryl/α,β-unsaturated/α-hetero) is 2. The molecule has 4 aliphatic heterocycles. The van der Waals surface area contributed by atoms with Gasteiger partial charge in [-0.25, -0.2) is 0 Å². The molecule has 0 saturated carbocycles. The molecule has 0 N–H and O–H groups in total. The summed E-state index contributed by atoms with van der Waals surface area (Å²) in [7, 11) is 0. The molecule has 0 aliphatic carbocycles. The van der Waals surface area contributed by atoms with Crippen LogP contribution in [0.4, 0.5) is 0 Å². The lowest BCUT2D eigenvalue weighted by molar-refractivity contribution is -0.148. The summed E-state index contributed by atoms with van der Waals surface area (Å²) in [5, 5.41) is 0. The van der Waals surface area contributed by atoms with Gasteiger partial charge < -0.3 is 0 Å². The summed E-state index contributed by atoms with van der Waals surface area (Å²) in [4.78, 5) is 80.3. The highest BCUT2D eigenvalue weighted by Crippen LogP contribution is 2.42. The fourth-order valence-corrected chi connectivity index (χ4v) is 8.82. The molecule has 8 nitrogen and oxygen atoms in total. The summed E-state index contributed by atoms with van der Waals surface area (Å²) in [6, 6.07) is 0. The normalized spacial score (nSPS) is 22.5. The molecule has 0 aromatic heterocycles. The van der Waals surface area contributed by atoms with E-state index in [9.17, 15) is 28.8 Å². The number of rotatable bonds is 16. The van der Waals surface area contributed by atoms with Crippen molar-refractivity contribution in [3.63, 3.8) is 0 Å². The Morgan fingerprint density at radius 2 is 1.05 bits per heavy atom. The first-order valence-corrected chi connectivity index (χ1v) is 17.7. The van der Waals surface area contributed by atoms with E-state index in [1.165, 1.54) is 9.80 Å². The van der Waals surface area contributed by atoms with Crippen molar-refractivity contribution in [1.82, 2.24) is 9.80 Å². The molecule has 4 rings (SSSR count).